The Bertz CT molecular complexity index is 296. The number of terminal acetylenes is 1. The maximum absolute atomic E-state index is 11.4. The summed E-state index contributed by atoms with van der Waals surface area (Å²) in [4.78, 5) is 22.4. The van der Waals surface area contributed by atoms with Crippen molar-refractivity contribution in [2.45, 2.75) is 32.2 Å². The third-order valence-electron chi connectivity index (χ3n) is 2.15. The Morgan fingerprint density at radius 3 is 2.56 bits per heavy atom. The second-order valence-corrected chi connectivity index (χ2v) is 3.74. The van der Waals surface area contributed by atoms with Gasteiger partial charge in [0.1, 0.15) is 5.54 Å². The second-order valence-electron chi connectivity index (χ2n) is 3.74. The molecule has 0 aromatic heterocycles. The van der Waals surface area contributed by atoms with E-state index in [9.17, 15) is 9.59 Å². The van der Waals surface area contributed by atoms with E-state index in [-0.39, 0.29) is 19.0 Å². The molecular formula is C11H18N2O3. The van der Waals surface area contributed by atoms with Gasteiger partial charge in [0.2, 0.25) is 5.91 Å². The fourth-order valence-corrected chi connectivity index (χ4v) is 1.32. The Balaban J connectivity index is 4.25. The van der Waals surface area contributed by atoms with Crippen LogP contribution in [0.3, 0.4) is 0 Å². The molecule has 5 heteroatoms. The molecule has 0 saturated carbocycles. The third kappa shape index (κ3) is 4.80. The van der Waals surface area contributed by atoms with Crippen molar-refractivity contribution in [3.8, 4) is 12.3 Å². The first-order valence-corrected chi connectivity index (χ1v) is 5.15. The lowest BCUT2D eigenvalue weighted by Gasteiger charge is -2.25. The van der Waals surface area contributed by atoms with Crippen molar-refractivity contribution in [1.29, 1.82) is 0 Å². The Morgan fingerprint density at radius 1 is 1.50 bits per heavy atom. The van der Waals surface area contributed by atoms with Gasteiger partial charge in [0.05, 0.1) is 13.1 Å². The fraction of sp³-hybridized carbons (Fsp3) is 0.636. The van der Waals surface area contributed by atoms with Crippen LogP contribution in [0.1, 0.15) is 26.7 Å². The number of amides is 1. The minimum absolute atomic E-state index is 0.0246. The summed E-state index contributed by atoms with van der Waals surface area (Å²) in [5.41, 5.74) is -1.20. The number of carbonyl (C=O) groups is 2. The normalized spacial score (nSPS) is 13.6. The van der Waals surface area contributed by atoms with Gasteiger partial charge in [0.15, 0.2) is 0 Å². The molecule has 0 spiro atoms. The molecular weight excluding hydrogens is 208 g/mol. The maximum Gasteiger partial charge on any atom is 0.329 e. The highest BCUT2D eigenvalue weighted by atomic mass is 16.4. The van der Waals surface area contributed by atoms with Crippen LogP contribution in [0, 0.1) is 12.3 Å². The lowest BCUT2D eigenvalue weighted by Crippen LogP contribution is -2.54. The van der Waals surface area contributed by atoms with Gasteiger partial charge in [-0.25, -0.2) is 4.79 Å². The van der Waals surface area contributed by atoms with Crippen LogP contribution >= 0.6 is 0 Å². The molecule has 3 N–H and O–H groups in total. The predicted octanol–water partition coefficient (Wildman–Crippen LogP) is -0.0312. The van der Waals surface area contributed by atoms with E-state index in [1.165, 1.54) is 6.92 Å². The smallest absolute Gasteiger partial charge is 0.329 e. The van der Waals surface area contributed by atoms with Gasteiger partial charge in [-0.2, -0.15) is 0 Å². The first-order valence-electron chi connectivity index (χ1n) is 5.15. The summed E-state index contributed by atoms with van der Waals surface area (Å²) in [5, 5.41) is 14.2. The zero-order chi connectivity index (χ0) is 12.6. The first kappa shape index (κ1) is 14.5. The Morgan fingerprint density at radius 2 is 2.12 bits per heavy atom. The van der Waals surface area contributed by atoms with Gasteiger partial charge in [0, 0.05) is 0 Å². The molecule has 0 rings (SSSR count). The molecule has 0 aromatic carbocycles. The molecule has 16 heavy (non-hydrogen) atoms. The summed E-state index contributed by atoms with van der Waals surface area (Å²) in [6.45, 7) is 3.67. The van der Waals surface area contributed by atoms with Gasteiger partial charge in [-0.05, 0) is 13.3 Å². The summed E-state index contributed by atoms with van der Waals surface area (Å²) >= 11 is 0. The van der Waals surface area contributed by atoms with Crippen LogP contribution < -0.4 is 10.6 Å². The Labute approximate surface area is 95.6 Å². The summed E-state index contributed by atoms with van der Waals surface area (Å²) in [6.07, 6.45) is 6.07. The van der Waals surface area contributed by atoms with Gasteiger partial charge in [-0.1, -0.05) is 19.3 Å². The largest absolute Gasteiger partial charge is 0.480 e. The molecule has 90 valence electrons. The fourth-order valence-electron chi connectivity index (χ4n) is 1.32. The molecule has 1 amide bonds. The monoisotopic (exact) mass is 226 g/mol. The van der Waals surface area contributed by atoms with E-state index in [1.54, 1.807) is 0 Å². The van der Waals surface area contributed by atoms with Crippen LogP contribution in [0.2, 0.25) is 0 Å². The topological polar surface area (TPSA) is 78.4 Å². The molecule has 0 bridgehead atoms. The molecule has 0 aliphatic rings. The average molecular weight is 226 g/mol. The van der Waals surface area contributed by atoms with Gasteiger partial charge in [-0.15, -0.1) is 6.42 Å². The highest BCUT2D eigenvalue weighted by Gasteiger charge is 2.33. The van der Waals surface area contributed by atoms with E-state index in [1.807, 2.05) is 6.92 Å². The minimum Gasteiger partial charge on any atom is -0.480 e. The van der Waals surface area contributed by atoms with E-state index >= 15 is 0 Å². The lowest BCUT2D eigenvalue weighted by molar-refractivity contribution is -0.147. The van der Waals surface area contributed by atoms with Crippen LogP contribution in [-0.4, -0.2) is 35.6 Å². The first-order chi connectivity index (χ1) is 7.46. The van der Waals surface area contributed by atoms with Crippen LogP contribution in [0.15, 0.2) is 0 Å². The highest BCUT2D eigenvalue weighted by molar-refractivity contribution is 5.87. The number of carbonyl (C=O) groups excluding carboxylic acids is 1. The molecule has 0 fully saturated rings. The van der Waals surface area contributed by atoms with E-state index < -0.39 is 11.5 Å². The van der Waals surface area contributed by atoms with Crippen LogP contribution in [0.4, 0.5) is 0 Å². The van der Waals surface area contributed by atoms with Crippen LogP contribution in [0.25, 0.3) is 0 Å². The van der Waals surface area contributed by atoms with Gasteiger partial charge in [0.25, 0.3) is 0 Å². The van der Waals surface area contributed by atoms with E-state index in [2.05, 4.69) is 16.6 Å². The SMILES string of the molecule is C#CCNCC(=O)NC(C)(CCC)C(=O)O. The Hall–Kier alpha value is -1.54. The number of nitrogens with one attached hydrogen (secondary N) is 2. The molecule has 0 aliphatic carbocycles. The van der Waals surface area contributed by atoms with E-state index in [0.29, 0.717) is 12.8 Å². The number of carboxylic acids is 1. The zero-order valence-corrected chi connectivity index (χ0v) is 9.67. The number of carboxylic acid groups (broad SMARTS) is 1. The van der Waals surface area contributed by atoms with Crippen molar-refractivity contribution in [2.24, 2.45) is 0 Å². The summed E-state index contributed by atoms with van der Waals surface area (Å²) in [6, 6.07) is 0. The van der Waals surface area contributed by atoms with E-state index in [0.717, 1.165) is 0 Å². The van der Waals surface area contributed by atoms with Crippen molar-refractivity contribution < 1.29 is 14.7 Å². The maximum atomic E-state index is 11.4. The average Bonchev–Trinajstić information content (AvgIpc) is 2.18. The zero-order valence-electron chi connectivity index (χ0n) is 9.67. The molecule has 5 nitrogen and oxygen atoms in total. The Kier molecular flexibility index (Phi) is 6.19. The molecule has 0 saturated heterocycles. The minimum atomic E-state index is -1.20. The molecule has 0 aliphatic heterocycles. The van der Waals surface area contributed by atoms with Crippen molar-refractivity contribution in [3.63, 3.8) is 0 Å². The molecule has 1 atom stereocenters. The summed E-state index contributed by atoms with van der Waals surface area (Å²) < 4.78 is 0. The van der Waals surface area contributed by atoms with Crippen molar-refractivity contribution in [1.82, 2.24) is 10.6 Å². The van der Waals surface area contributed by atoms with Crippen molar-refractivity contribution in [3.05, 3.63) is 0 Å². The molecule has 0 heterocycles. The molecule has 0 radical (unpaired) electrons. The van der Waals surface area contributed by atoms with Crippen LogP contribution in [-0.2, 0) is 9.59 Å². The van der Waals surface area contributed by atoms with Gasteiger partial charge in [-0.3, -0.25) is 10.1 Å². The highest BCUT2D eigenvalue weighted by Crippen LogP contribution is 2.12. The van der Waals surface area contributed by atoms with Crippen molar-refractivity contribution in [2.75, 3.05) is 13.1 Å². The molecule has 0 aromatic rings. The van der Waals surface area contributed by atoms with Crippen LogP contribution in [0.5, 0.6) is 0 Å². The number of aliphatic carboxylic acids is 1. The van der Waals surface area contributed by atoms with Crippen molar-refractivity contribution >= 4 is 11.9 Å². The second kappa shape index (κ2) is 6.85. The van der Waals surface area contributed by atoms with Gasteiger partial charge >= 0.3 is 5.97 Å². The standard InChI is InChI=1S/C11H18N2O3/c1-4-6-11(3,10(15)16)13-9(14)8-12-7-5-2/h2,12H,4,6-8H2,1,3H3,(H,13,14)(H,15,16). The quantitative estimate of drug-likeness (QED) is 0.421. The number of rotatable bonds is 7. The predicted molar refractivity (Wildman–Crippen MR) is 60.8 cm³/mol. The summed E-state index contributed by atoms with van der Waals surface area (Å²) in [5.74, 6) is 0.931. The third-order valence-corrected chi connectivity index (χ3v) is 2.15. The number of hydrogen-bond acceptors (Lipinski definition) is 3. The van der Waals surface area contributed by atoms with Gasteiger partial charge < -0.3 is 10.4 Å². The number of hydrogen-bond donors (Lipinski definition) is 3. The molecule has 1 unspecified atom stereocenters. The summed E-state index contributed by atoms with van der Waals surface area (Å²) in [7, 11) is 0. The van der Waals surface area contributed by atoms with E-state index in [4.69, 9.17) is 11.5 Å². The lowest BCUT2D eigenvalue weighted by atomic mass is 9.96.